The molecule has 0 spiro atoms. The van der Waals surface area contributed by atoms with Gasteiger partial charge < -0.3 is 5.32 Å². The van der Waals surface area contributed by atoms with Crippen LogP contribution in [0.15, 0.2) is 84.4 Å². The molecule has 2 aromatic carbocycles. The number of anilines is 1. The molecule has 2 heterocycles. The molecule has 0 atom stereocenters. The van der Waals surface area contributed by atoms with Gasteiger partial charge in [0.15, 0.2) is 0 Å². The van der Waals surface area contributed by atoms with E-state index in [1.165, 1.54) is 0 Å². The summed E-state index contributed by atoms with van der Waals surface area (Å²) in [6.07, 6.45) is 1.82. The zero-order valence-corrected chi connectivity index (χ0v) is 14.8. The highest BCUT2D eigenvalue weighted by Gasteiger charge is 2.19. The number of hydrogen-bond donors (Lipinski definition) is 1. The molecule has 2 aromatic heterocycles. The van der Waals surface area contributed by atoms with Gasteiger partial charge in [0, 0.05) is 11.9 Å². The molecule has 0 aliphatic heterocycles. The number of nitrogens with zero attached hydrogens (tertiary/aromatic N) is 2. The smallest absolute Gasteiger partial charge is 0.259 e. The van der Waals surface area contributed by atoms with Crippen LogP contribution in [0.2, 0.25) is 0 Å². The Hall–Kier alpha value is -3.18. The maximum atomic E-state index is 12.8. The van der Waals surface area contributed by atoms with Crippen LogP contribution in [0.25, 0.3) is 10.6 Å². The molecule has 0 bridgehead atoms. The first-order valence-corrected chi connectivity index (χ1v) is 9.19. The van der Waals surface area contributed by atoms with Crippen molar-refractivity contribution in [1.82, 2.24) is 9.78 Å². The van der Waals surface area contributed by atoms with E-state index >= 15 is 0 Å². The third-order valence-electron chi connectivity index (χ3n) is 3.98. The summed E-state index contributed by atoms with van der Waals surface area (Å²) in [5, 5.41) is 9.62. The monoisotopic (exact) mass is 359 g/mol. The van der Waals surface area contributed by atoms with Crippen molar-refractivity contribution in [3.8, 4) is 10.6 Å². The second kappa shape index (κ2) is 7.37. The molecule has 4 nitrogen and oxygen atoms in total. The van der Waals surface area contributed by atoms with Crippen molar-refractivity contribution < 1.29 is 4.79 Å². The van der Waals surface area contributed by atoms with Crippen LogP contribution in [0.5, 0.6) is 0 Å². The van der Waals surface area contributed by atoms with Crippen LogP contribution in [0, 0.1) is 0 Å². The average Bonchev–Trinajstić information content (AvgIpc) is 3.33. The van der Waals surface area contributed by atoms with Crippen LogP contribution >= 0.6 is 11.3 Å². The van der Waals surface area contributed by atoms with E-state index in [1.54, 1.807) is 11.3 Å². The maximum absolute atomic E-state index is 12.8. The highest BCUT2D eigenvalue weighted by molar-refractivity contribution is 7.13. The molecule has 26 heavy (non-hydrogen) atoms. The van der Waals surface area contributed by atoms with E-state index in [1.807, 2.05) is 76.9 Å². The summed E-state index contributed by atoms with van der Waals surface area (Å²) in [6.45, 7) is 0.623. The van der Waals surface area contributed by atoms with Gasteiger partial charge in [-0.05, 0) is 29.1 Å². The van der Waals surface area contributed by atoms with Crippen LogP contribution < -0.4 is 5.32 Å². The van der Waals surface area contributed by atoms with Gasteiger partial charge in [0.1, 0.15) is 5.69 Å². The van der Waals surface area contributed by atoms with Crippen molar-refractivity contribution in [3.63, 3.8) is 0 Å². The van der Waals surface area contributed by atoms with Gasteiger partial charge in [-0.25, -0.2) is 0 Å². The van der Waals surface area contributed by atoms with Crippen molar-refractivity contribution in [3.05, 3.63) is 95.5 Å². The van der Waals surface area contributed by atoms with Crippen molar-refractivity contribution in [2.24, 2.45) is 0 Å². The van der Waals surface area contributed by atoms with Crippen molar-refractivity contribution >= 4 is 22.9 Å². The van der Waals surface area contributed by atoms with Crippen molar-refractivity contribution in [1.29, 1.82) is 0 Å². The number of aromatic nitrogens is 2. The van der Waals surface area contributed by atoms with Crippen LogP contribution in [-0.4, -0.2) is 15.7 Å². The highest BCUT2D eigenvalue weighted by Crippen LogP contribution is 2.27. The standard InChI is InChI=1S/C21H17N3OS/c25-21(22-17-10-5-2-6-11-17)18-15-24(14-16-8-3-1-4-9-16)23-20(18)19-12-7-13-26-19/h1-13,15H,14H2,(H,22,25). The first-order valence-electron chi connectivity index (χ1n) is 8.31. The number of benzene rings is 2. The average molecular weight is 359 g/mol. The minimum atomic E-state index is -0.154. The Labute approximate surface area is 155 Å². The molecular weight excluding hydrogens is 342 g/mol. The quantitative estimate of drug-likeness (QED) is 0.550. The van der Waals surface area contributed by atoms with E-state index in [-0.39, 0.29) is 5.91 Å². The Morgan fingerprint density at radius 2 is 1.69 bits per heavy atom. The van der Waals surface area contributed by atoms with Crippen LogP contribution in [0.3, 0.4) is 0 Å². The lowest BCUT2D eigenvalue weighted by Crippen LogP contribution is -2.12. The number of nitrogens with one attached hydrogen (secondary N) is 1. The first-order chi connectivity index (χ1) is 12.8. The summed E-state index contributed by atoms with van der Waals surface area (Å²) in [5.74, 6) is -0.154. The zero-order valence-electron chi connectivity index (χ0n) is 14.0. The minimum absolute atomic E-state index is 0.154. The summed E-state index contributed by atoms with van der Waals surface area (Å²) in [5.41, 5.74) is 3.20. The fourth-order valence-electron chi connectivity index (χ4n) is 2.75. The summed E-state index contributed by atoms with van der Waals surface area (Å²) in [7, 11) is 0. The summed E-state index contributed by atoms with van der Waals surface area (Å²) in [6, 6.07) is 23.5. The third kappa shape index (κ3) is 3.58. The van der Waals surface area contributed by atoms with E-state index in [0.29, 0.717) is 17.8 Å². The van der Waals surface area contributed by atoms with E-state index < -0.39 is 0 Å². The summed E-state index contributed by atoms with van der Waals surface area (Å²) in [4.78, 5) is 13.8. The predicted octanol–water partition coefficient (Wildman–Crippen LogP) is 4.91. The first kappa shape index (κ1) is 16.3. The van der Waals surface area contributed by atoms with Crippen LogP contribution in [0.4, 0.5) is 5.69 Å². The number of carbonyl (C=O) groups excluding carboxylic acids is 1. The Morgan fingerprint density at radius 3 is 2.38 bits per heavy atom. The molecule has 0 fully saturated rings. The predicted molar refractivity (Wildman–Crippen MR) is 105 cm³/mol. The van der Waals surface area contributed by atoms with Gasteiger partial charge in [-0.1, -0.05) is 54.6 Å². The molecule has 0 saturated heterocycles. The SMILES string of the molecule is O=C(Nc1ccccc1)c1cn(Cc2ccccc2)nc1-c1cccs1. The Bertz CT molecular complexity index is 992. The van der Waals surface area contributed by atoms with E-state index in [2.05, 4.69) is 22.5 Å². The lowest BCUT2D eigenvalue weighted by molar-refractivity contribution is 0.102. The number of amides is 1. The largest absolute Gasteiger partial charge is 0.322 e. The van der Waals surface area contributed by atoms with Crippen molar-refractivity contribution in [2.45, 2.75) is 6.54 Å². The highest BCUT2D eigenvalue weighted by atomic mass is 32.1. The van der Waals surface area contributed by atoms with Gasteiger partial charge in [-0.2, -0.15) is 5.10 Å². The minimum Gasteiger partial charge on any atom is -0.322 e. The van der Waals surface area contributed by atoms with Gasteiger partial charge in [-0.15, -0.1) is 11.3 Å². The number of thiophene rings is 1. The fourth-order valence-corrected chi connectivity index (χ4v) is 3.48. The van der Waals surface area contributed by atoms with Crippen molar-refractivity contribution in [2.75, 3.05) is 5.32 Å². The molecule has 1 amide bonds. The number of hydrogen-bond acceptors (Lipinski definition) is 3. The molecule has 0 unspecified atom stereocenters. The molecule has 0 aliphatic carbocycles. The Kier molecular flexibility index (Phi) is 4.62. The molecule has 0 saturated carbocycles. The second-order valence-corrected chi connectivity index (χ2v) is 6.82. The Morgan fingerprint density at radius 1 is 0.962 bits per heavy atom. The van der Waals surface area contributed by atoms with Crippen LogP contribution in [-0.2, 0) is 6.54 Å². The summed E-state index contributed by atoms with van der Waals surface area (Å²) < 4.78 is 1.82. The molecule has 0 radical (unpaired) electrons. The molecule has 0 aliphatic rings. The zero-order chi connectivity index (χ0) is 17.8. The van der Waals surface area contributed by atoms with Gasteiger partial charge in [-0.3, -0.25) is 9.48 Å². The van der Waals surface area contributed by atoms with Gasteiger partial charge in [0.25, 0.3) is 5.91 Å². The Balaban J connectivity index is 1.66. The molecule has 1 N–H and O–H groups in total. The molecule has 4 aromatic rings. The molecule has 5 heteroatoms. The third-order valence-corrected chi connectivity index (χ3v) is 4.86. The van der Waals surface area contributed by atoms with E-state index in [0.717, 1.165) is 16.1 Å². The number of para-hydroxylation sites is 1. The lowest BCUT2D eigenvalue weighted by atomic mass is 10.2. The van der Waals surface area contributed by atoms with Gasteiger partial charge in [0.05, 0.1) is 17.0 Å². The fraction of sp³-hybridized carbons (Fsp3) is 0.0476. The number of carbonyl (C=O) groups is 1. The van der Waals surface area contributed by atoms with Crippen LogP contribution in [0.1, 0.15) is 15.9 Å². The summed E-state index contributed by atoms with van der Waals surface area (Å²) >= 11 is 1.58. The maximum Gasteiger partial charge on any atom is 0.259 e. The second-order valence-electron chi connectivity index (χ2n) is 5.87. The molecule has 128 valence electrons. The lowest BCUT2D eigenvalue weighted by Gasteiger charge is -2.04. The van der Waals surface area contributed by atoms with E-state index in [9.17, 15) is 4.79 Å². The number of rotatable bonds is 5. The van der Waals surface area contributed by atoms with E-state index in [4.69, 9.17) is 0 Å². The van der Waals surface area contributed by atoms with Gasteiger partial charge in [0.2, 0.25) is 0 Å². The topological polar surface area (TPSA) is 46.9 Å². The normalized spacial score (nSPS) is 10.6. The molecule has 4 rings (SSSR count). The molecular formula is C21H17N3OS. The van der Waals surface area contributed by atoms with Gasteiger partial charge >= 0.3 is 0 Å².